The Morgan fingerprint density at radius 1 is 1.32 bits per heavy atom. The average Bonchev–Trinajstić information content (AvgIpc) is 3.36. The molecule has 0 saturated carbocycles. The maximum Gasteiger partial charge on any atom is 0.237 e. The van der Waals surface area contributed by atoms with Gasteiger partial charge >= 0.3 is 0 Å². The largest absolute Gasteiger partial charge is 0.497 e. The second-order valence-electron chi connectivity index (χ2n) is 6.26. The molecular weight excluding hydrogens is 378 g/mol. The number of allylic oxidation sites excluding steroid dienone is 2. The van der Waals surface area contributed by atoms with Gasteiger partial charge in [-0.25, -0.2) is 4.68 Å². The topological polar surface area (TPSA) is 95.5 Å². The van der Waals surface area contributed by atoms with E-state index in [1.54, 1.807) is 26.4 Å². The molecule has 0 radical (unpaired) electrons. The van der Waals surface area contributed by atoms with Gasteiger partial charge in [-0.2, -0.15) is 0 Å². The molecule has 0 atom stereocenters. The maximum atomic E-state index is 12.6. The molecule has 9 heteroatoms. The fraction of sp³-hybridized carbons (Fsp3) is 0.421. The summed E-state index contributed by atoms with van der Waals surface area (Å²) in [7, 11) is 3.16. The van der Waals surface area contributed by atoms with Crippen LogP contribution >= 0.6 is 11.8 Å². The van der Waals surface area contributed by atoms with Crippen LogP contribution < -0.4 is 15.3 Å². The molecule has 0 aliphatic heterocycles. The number of nitrogens with two attached hydrogens (primary N) is 1. The van der Waals surface area contributed by atoms with Gasteiger partial charge < -0.3 is 20.2 Å². The highest BCUT2D eigenvalue weighted by Crippen LogP contribution is 2.33. The van der Waals surface area contributed by atoms with Crippen LogP contribution in [-0.4, -0.2) is 52.2 Å². The maximum absolute atomic E-state index is 12.6. The highest BCUT2D eigenvalue weighted by atomic mass is 32.2. The summed E-state index contributed by atoms with van der Waals surface area (Å²) in [6, 6.07) is 5.38. The molecule has 3 rings (SSSR count). The van der Waals surface area contributed by atoms with E-state index in [2.05, 4.69) is 16.3 Å². The van der Waals surface area contributed by atoms with Gasteiger partial charge in [0, 0.05) is 18.3 Å². The molecule has 1 aliphatic carbocycles. The minimum absolute atomic E-state index is 0.0484. The van der Waals surface area contributed by atoms with Crippen LogP contribution in [0.15, 0.2) is 35.1 Å². The third-order valence-electron chi connectivity index (χ3n) is 4.62. The highest BCUT2D eigenvalue weighted by Gasteiger charge is 2.21. The zero-order chi connectivity index (χ0) is 20.1. The first-order chi connectivity index (χ1) is 13.6. The number of thioether (sulfide) groups is 1. The van der Waals surface area contributed by atoms with Gasteiger partial charge in [0.2, 0.25) is 11.1 Å². The number of carbonyl (C=O) groups is 1. The van der Waals surface area contributed by atoms with Gasteiger partial charge in [-0.15, -0.1) is 10.2 Å². The number of ether oxygens (including phenoxy) is 2. The smallest absolute Gasteiger partial charge is 0.237 e. The number of carbonyl (C=O) groups excluding carboxylic acids is 1. The van der Waals surface area contributed by atoms with Gasteiger partial charge in [0.15, 0.2) is 5.82 Å². The molecule has 28 heavy (non-hydrogen) atoms. The number of methoxy groups -OCH3 is 2. The lowest BCUT2D eigenvalue weighted by molar-refractivity contribution is -0.126. The lowest BCUT2D eigenvalue weighted by atomic mass is 10.2. The number of nitrogen functional groups attached to an aromatic ring is 1. The van der Waals surface area contributed by atoms with Crippen molar-refractivity contribution in [2.75, 3.05) is 32.4 Å². The molecule has 1 amide bonds. The second-order valence-corrected chi connectivity index (χ2v) is 7.20. The molecule has 2 aromatic rings. The van der Waals surface area contributed by atoms with Crippen LogP contribution in [0.1, 0.15) is 26.2 Å². The van der Waals surface area contributed by atoms with Crippen molar-refractivity contribution < 1.29 is 14.3 Å². The minimum atomic E-state index is 0.0484. The SMILES string of the molecule is CCN(C(=O)CSc1nnc(-c2ccc(OC)cc2OC)n1N)C1=CCCC1. The Morgan fingerprint density at radius 3 is 2.79 bits per heavy atom. The molecule has 2 N–H and O–H groups in total. The fourth-order valence-electron chi connectivity index (χ4n) is 3.19. The molecule has 0 fully saturated rings. The number of amides is 1. The van der Waals surface area contributed by atoms with Crippen LogP contribution in [0, 0.1) is 0 Å². The first-order valence-corrected chi connectivity index (χ1v) is 10.1. The van der Waals surface area contributed by atoms with Gasteiger partial charge in [-0.1, -0.05) is 17.8 Å². The molecule has 0 spiro atoms. The lowest BCUT2D eigenvalue weighted by Gasteiger charge is -2.21. The predicted octanol–water partition coefficient (Wildman–Crippen LogP) is 2.68. The summed E-state index contributed by atoms with van der Waals surface area (Å²) in [5.41, 5.74) is 1.81. The molecule has 0 unspecified atom stereocenters. The molecule has 150 valence electrons. The van der Waals surface area contributed by atoms with Crippen molar-refractivity contribution in [1.29, 1.82) is 0 Å². The fourth-order valence-corrected chi connectivity index (χ4v) is 3.92. The first-order valence-electron chi connectivity index (χ1n) is 9.14. The van der Waals surface area contributed by atoms with E-state index in [1.165, 1.54) is 16.4 Å². The van der Waals surface area contributed by atoms with Crippen LogP contribution in [0.3, 0.4) is 0 Å². The molecule has 0 saturated heterocycles. The van der Waals surface area contributed by atoms with Crippen LogP contribution in [-0.2, 0) is 4.79 Å². The zero-order valence-electron chi connectivity index (χ0n) is 16.3. The van der Waals surface area contributed by atoms with Gasteiger partial charge in [0.05, 0.1) is 25.5 Å². The molecule has 1 heterocycles. The Morgan fingerprint density at radius 2 is 2.14 bits per heavy atom. The number of rotatable bonds is 8. The monoisotopic (exact) mass is 403 g/mol. The molecule has 8 nitrogen and oxygen atoms in total. The predicted molar refractivity (Wildman–Crippen MR) is 109 cm³/mol. The Labute approximate surface area is 168 Å². The van der Waals surface area contributed by atoms with E-state index in [9.17, 15) is 4.79 Å². The van der Waals surface area contributed by atoms with E-state index < -0.39 is 0 Å². The standard InChI is InChI=1S/C19H25N5O3S/c1-4-23(13-7-5-6-8-13)17(25)12-28-19-22-21-18(24(19)20)15-10-9-14(26-2)11-16(15)27-3/h7,9-11H,4-6,8,12,20H2,1-3H3. The molecule has 1 aromatic carbocycles. The van der Waals surface area contributed by atoms with Crippen molar-refractivity contribution in [3.8, 4) is 22.9 Å². The van der Waals surface area contributed by atoms with Gasteiger partial charge in [0.1, 0.15) is 11.5 Å². The Hall–Kier alpha value is -2.68. The highest BCUT2D eigenvalue weighted by molar-refractivity contribution is 7.99. The first kappa shape index (κ1) is 20.1. The summed E-state index contributed by atoms with van der Waals surface area (Å²) >= 11 is 1.27. The van der Waals surface area contributed by atoms with Crippen molar-refractivity contribution in [3.63, 3.8) is 0 Å². The van der Waals surface area contributed by atoms with Crippen LogP contribution in [0.2, 0.25) is 0 Å². The van der Waals surface area contributed by atoms with Crippen molar-refractivity contribution >= 4 is 17.7 Å². The third-order valence-corrected chi connectivity index (χ3v) is 5.55. The summed E-state index contributed by atoms with van der Waals surface area (Å²) in [5.74, 6) is 8.20. The van der Waals surface area contributed by atoms with Gasteiger partial charge in [-0.3, -0.25) is 4.79 Å². The van der Waals surface area contributed by atoms with E-state index >= 15 is 0 Å². The van der Waals surface area contributed by atoms with Crippen molar-refractivity contribution in [1.82, 2.24) is 19.8 Å². The van der Waals surface area contributed by atoms with E-state index in [4.69, 9.17) is 15.3 Å². The lowest BCUT2D eigenvalue weighted by Crippen LogP contribution is -2.31. The number of aromatic nitrogens is 3. The summed E-state index contributed by atoms with van der Waals surface area (Å²) in [6.07, 6.45) is 5.25. The van der Waals surface area contributed by atoms with Gasteiger partial charge in [-0.05, 0) is 38.3 Å². The van der Waals surface area contributed by atoms with E-state index in [1.807, 2.05) is 17.9 Å². The zero-order valence-corrected chi connectivity index (χ0v) is 17.2. The van der Waals surface area contributed by atoms with Crippen molar-refractivity contribution in [2.24, 2.45) is 0 Å². The number of hydrogen-bond donors (Lipinski definition) is 1. The van der Waals surface area contributed by atoms with Crippen LogP contribution in [0.25, 0.3) is 11.4 Å². The van der Waals surface area contributed by atoms with E-state index in [-0.39, 0.29) is 11.7 Å². The molecular formula is C19H25N5O3S. The Kier molecular flexibility index (Phi) is 6.45. The van der Waals surface area contributed by atoms with Crippen LogP contribution in [0.5, 0.6) is 11.5 Å². The normalized spacial score (nSPS) is 13.3. The molecule has 1 aliphatic rings. The Balaban J connectivity index is 1.74. The molecule has 1 aromatic heterocycles. The molecule has 0 bridgehead atoms. The van der Waals surface area contributed by atoms with Crippen LogP contribution in [0.4, 0.5) is 0 Å². The number of benzene rings is 1. The van der Waals surface area contributed by atoms with E-state index in [0.717, 1.165) is 25.0 Å². The summed E-state index contributed by atoms with van der Waals surface area (Å²) in [5, 5.41) is 8.79. The van der Waals surface area contributed by atoms with Crippen molar-refractivity contribution in [3.05, 3.63) is 30.0 Å². The number of nitrogens with zero attached hydrogens (tertiary/aromatic N) is 4. The number of hydrogen-bond acceptors (Lipinski definition) is 7. The quantitative estimate of drug-likeness (QED) is 0.535. The minimum Gasteiger partial charge on any atom is -0.497 e. The Bertz CT molecular complexity index is 880. The third kappa shape index (κ3) is 4.09. The van der Waals surface area contributed by atoms with Gasteiger partial charge in [0.25, 0.3) is 0 Å². The second kappa shape index (κ2) is 9.01. The summed E-state index contributed by atoms with van der Waals surface area (Å²) in [4.78, 5) is 14.5. The van der Waals surface area contributed by atoms with E-state index in [0.29, 0.717) is 34.6 Å². The summed E-state index contributed by atoms with van der Waals surface area (Å²) < 4.78 is 12.0. The average molecular weight is 404 g/mol. The summed E-state index contributed by atoms with van der Waals surface area (Å²) in [6.45, 7) is 2.65. The van der Waals surface area contributed by atoms with Crippen molar-refractivity contribution in [2.45, 2.75) is 31.3 Å².